The number of primary amides is 1. The lowest BCUT2D eigenvalue weighted by atomic mass is 10.1. The minimum absolute atomic E-state index is 0.0925. The number of aryl methyl sites for hydroxylation is 1. The summed E-state index contributed by atoms with van der Waals surface area (Å²) in [6, 6.07) is 23.6. The van der Waals surface area contributed by atoms with Crippen molar-refractivity contribution < 1.29 is 31.2 Å². The standard InChI is InChI=1S/C27H30N3O7S2/c28-27(32)37-25-15-13-24(14-16-25)29-39(35,36)21-30(18-7-12-22-8-3-1-4-9-22)26(31)17-19-38(33,34)20-23-10-5-2-6-11-23/h1-6,8-11,13-17,29H,7,12,18-21H2,(H2,28,32). The number of nitrogens with two attached hydrogens (primary N) is 1. The smallest absolute Gasteiger partial charge is 0.409 e. The van der Waals surface area contributed by atoms with Crippen molar-refractivity contribution in [1.29, 1.82) is 0 Å². The van der Waals surface area contributed by atoms with Crippen LogP contribution in [-0.4, -0.2) is 51.9 Å². The maximum absolute atomic E-state index is 13.0. The van der Waals surface area contributed by atoms with Crippen molar-refractivity contribution in [3.63, 3.8) is 0 Å². The molecule has 207 valence electrons. The minimum atomic E-state index is -4.06. The monoisotopic (exact) mass is 572 g/mol. The Morgan fingerprint density at radius 2 is 1.44 bits per heavy atom. The number of sulfone groups is 1. The van der Waals surface area contributed by atoms with Gasteiger partial charge in [-0.05, 0) is 48.2 Å². The SMILES string of the molecule is NC(=O)Oc1ccc(NS(=O)(=O)CN(CCCc2ccccc2)C(=O)[CH]CS(=O)(=O)Cc2ccccc2)cc1. The molecule has 0 spiro atoms. The third-order valence-corrected chi connectivity index (χ3v) is 8.11. The molecular formula is C27H30N3O7S2. The van der Waals surface area contributed by atoms with Crippen LogP contribution in [0.4, 0.5) is 10.5 Å². The van der Waals surface area contributed by atoms with Gasteiger partial charge in [-0.3, -0.25) is 9.52 Å². The van der Waals surface area contributed by atoms with Crippen molar-refractivity contribution in [2.45, 2.75) is 18.6 Å². The van der Waals surface area contributed by atoms with Gasteiger partial charge in [0.2, 0.25) is 5.91 Å². The number of ether oxygens (including phenoxy) is 1. The van der Waals surface area contributed by atoms with E-state index in [1.165, 1.54) is 24.3 Å². The first-order chi connectivity index (χ1) is 18.5. The average Bonchev–Trinajstić information content (AvgIpc) is 2.88. The molecule has 0 saturated carbocycles. The molecule has 39 heavy (non-hydrogen) atoms. The van der Waals surface area contributed by atoms with Gasteiger partial charge < -0.3 is 15.4 Å². The Kier molecular flexibility index (Phi) is 10.5. The lowest BCUT2D eigenvalue weighted by Gasteiger charge is -2.23. The summed E-state index contributed by atoms with van der Waals surface area (Å²) in [5.41, 5.74) is 6.76. The first-order valence-corrected chi connectivity index (χ1v) is 15.5. The molecule has 2 amide bonds. The van der Waals surface area contributed by atoms with E-state index in [0.717, 1.165) is 16.9 Å². The Morgan fingerprint density at radius 1 is 0.846 bits per heavy atom. The van der Waals surface area contributed by atoms with E-state index in [1.807, 2.05) is 30.3 Å². The van der Waals surface area contributed by atoms with Crippen molar-refractivity contribution in [1.82, 2.24) is 4.90 Å². The highest BCUT2D eigenvalue weighted by atomic mass is 32.2. The lowest BCUT2D eigenvalue weighted by Crippen LogP contribution is -2.39. The zero-order valence-corrected chi connectivity index (χ0v) is 22.7. The number of hydrogen-bond donors (Lipinski definition) is 2. The van der Waals surface area contributed by atoms with Crippen LogP contribution in [0.2, 0.25) is 0 Å². The number of carbonyl (C=O) groups excluding carboxylic acids is 2. The van der Waals surface area contributed by atoms with E-state index in [9.17, 15) is 26.4 Å². The molecular weight excluding hydrogens is 542 g/mol. The molecule has 0 aliphatic heterocycles. The summed E-state index contributed by atoms with van der Waals surface area (Å²) in [7, 11) is -7.70. The molecule has 0 aromatic heterocycles. The van der Waals surface area contributed by atoms with Gasteiger partial charge in [0, 0.05) is 12.2 Å². The van der Waals surface area contributed by atoms with Crippen LogP contribution < -0.4 is 15.2 Å². The number of carbonyl (C=O) groups is 2. The first kappa shape index (κ1) is 29.7. The molecule has 3 rings (SSSR count). The molecule has 3 N–H and O–H groups in total. The number of nitrogens with zero attached hydrogens (tertiary/aromatic N) is 1. The van der Waals surface area contributed by atoms with Gasteiger partial charge in [-0.2, -0.15) is 0 Å². The Labute approximate surface area is 228 Å². The molecule has 0 heterocycles. The zero-order valence-electron chi connectivity index (χ0n) is 21.1. The van der Waals surface area contributed by atoms with Crippen LogP contribution in [0.5, 0.6) is 5.75 Å². The molecule has 0 unspecified atom stereocenters. The van der Waals surface area contributed by atoms with Crippen LogP contribution in [0.25, 0.3) is 0 Å². The van der Waals surface area contributed by atoms with Gasteiger partial charge >= 0.3 is 6.09 Å². The molecule has 0 aliphatic carbocycles. The van der Waals surface area contributed by atoms with Crippen molar-refractivity contribution in [3.05, 3.63) is 102 Å². The summed E-state index contributed by atoms with van der Waals surface area (Å²) >= 11 is 0. The summed E-state index contributed by atoms with van der Waals surface area (Å²) < 4.78 is 58.1. The van der Waals surface area contributed by atoms with Crippen LogP contribution >= 0.6 is 0 Å². The van der Waals surface area contributed by atoms with Crippen LogP contribution in [0, 0.1) is 6.42 Å². The molecule has 3 aromatic rings. The largest absolute Gasteiger partial charge is 0.411 e. The van der Waals surface area contributed by atoms with Crippen molar-refractivity contribution >= 4 is 37.5 Å². The van der Waals surface area contributed by atoms with Crippen LogP contribution in [0.1, 0.15) is 17.5 Å². The summed E-state index contributed by atoms with van der Waals surface area (Å²) in [6.07, 6.45) is 1.07. The molecule has 0 aliphatic rings. The second-order valence-corrected chi connectivity index (χ2v) is 12.5. The minimum Gasteiger partial charge on any atom is -0.411 e. The van der Waals surface area contributed by atoms with Crippen LogP contribution in [0.15, 0.2) is 84.9 Å². The van der Waals surface area contributed by atoms with Gasteiger partial charge in [0.1, 0.15) is 11.6 Å². The van der Waals surface area contributed by atoms with Gasteiger partial charge in [0.15, 0.2) is 9.84 Å². The highest BCUT2D eigenvalue weighted by Crippen LogP contribution is 2.18. The van der Waals surface area contributed by atoms with Gasteiger partial charge in [0.05, 0.1) is 17.9 Å². The van der Waals surface area contributed by atoms with Gasteiger partial charge in [-0.25, -0.2) is 21.6 Å². The molecule has 3 aromatic carbocycles. The fraction of sp³-hybridized carbons (Fsp3) is 0.222. The predicted octanol–water partition coefficient (Wildman–Crippen LogP) is 3.12. The summed E-state index contributed by atoms with van der Waals surface area (Å²) in [5, 5.41) is 0. The van der Waals surface area contributed by atoms with Crippen LogP contribution in [-0.2, 0) is 36.8 Å². The number of sulfonamides is 1. The highest BCUT2D eigenvalue weighted by molar-refractivity contribution is 7.92. The van der Waals surface area contributed by atoms with E-state index < -0.39 is 43.5 Å². The number of amides is 2. The van der Waals surface area contributed by atoms with E-state index in [4.69, 9.17) is 10.5 Å². The lowest BCUT2D eigenvalue weighted by molar-refractivity contribution is -0.126. The second kappa shape index (κ2) is 13.8. The second-order valence-electron chi connectivity index (χ2n) is 8.73. The number of rotatable bonds is 14. The molecule has 12 heteroatoms. The maximum Gasteiger partial charge on any atom is 0.409 e. The summed E-state index contributed by atoms with van der Waals surface area (Å²) in [5.74, 6) is -2.01. The van der Waals surface area contributed by atoms with Gasteiger partial charge in [-0.15, -0.1) is 0 Å². The molecule has 1 radical (unpaired) electrons. The zero-order chi connectivity index (χ0) is 28.3. The van der Waals surface area contributed by atoms with E-state index >= 15 is 0 Å². The summed E-state index contributed by atoms with van der Waals surface area (Å²) in [6.45, 7) is 0.0925. The number of benzene rings is 3. The average molecular weight is 573 g/mol. The van der Waals surface area contributed by atoms with Crippen LogP contribution in [0.3, 0.4) is 0 Å². The topological polar surface area (TPSA) is 153 Å². The van der Waals surface area contributed by atoms with E-state index in [0.29, 0.717) is 18.4 Å². The third kappa shape index (κ3) is 10.8. The van der Waals surface area contributed by atoms with E-state index in [1.54, 1.807) is 30.3 Å². The Hall–Kier alpha value is -3.90. The Morgan fingerprint density at radius 3 is 2.03 bits per heavy atom. The number of anilines is 1. The van der Waals surface area contributed by atoms with Crippen molar-refractivity contribution in [2.24, 2.45) is 5.73 Å². The first-order valence-electron chi connectivity index (χ1n) is 12.0. The van der Waals surface area contributed by atoms with Gasteiger partial charge in [0.25, 0.3) is 10.0 Å². The quantitative estimate of drug-likeness (QED) is 0.301. The maximum atomic E-state index is 13.0. The number of nitrogens with one attached hydrogen (secondary N) is 1. The summed E-state index contributed by atoms with van der Waals surface area (Å²) in [4.78, 5) is 25.0. The van der Waals surface area contributed by atoms with E-state index in [-0.39, 0.29) is 23.7 Å². The third-order valence-electron chi connectivity index (χ3n) is 5.46. The molecule has 0 fully saturated rings. The molecule has 0 bridgehead atoms. The fourth-order valence-electron chi connectivity index (χ4n) is 3.70. The van der Waals surface area contributed by atoms with Gasteiger partial charge in [-0.1, -0.05) is 60.7 Å². The molecule has 10 nitrogen and oxygen atoms in total. The van der Waals surface area contributed by atoms with Crippen molar-refractivity contribution in [2.75, 3.05) is 22.9 Å². The molecule has 0 saturated heterocycles. The predicted molar refractivity (Wildman–Crippen MR) is 149 cm³/mol. The fourth-order valence-corrected chi connectivity index (χ4v) is 6.14. The Bertz CT molecular complexity index is 1450. The van der Waals surface area contributed by atoms with Crippen molar-refractivity contribution in [3.8, 4) is 5.75 Å². The number of hydrogen-bond acceptors (Lipinski definition) is 7. The normalized spacial score (nSPS) is 11.5. The Balaban J connectivity index is 1.66. The van der Waals surface area contributed by atoms with E-state index in [2.05, 4.69) is 4.72 Å². The molecule has 0 atom stereocenters. The highest BCUT2D eigenvalue weighted by Gasteiger charge is 2.24.